The lowest BCUT2D eigenvalue weighted by atomic mass is 10.0. The molecule has 0 heterocycles. The Kier molecular flexibility index (Phi) is 70.9. The monoisotopic (exact) mass is 1170 g/mol. The number of aliphatic hydroxyl groups is 2. The first-order valence-corrected chi connectivity index (χ1v) is 37.8. The van der Waals surface area contributed by atoms with E-state index >= 15 is 0 Å². The van der Waals surface area contributed by atoms with Crippen molar-refractivity contribution < 1.29 is 24.5 Å². The third kappa shape index (κ3) is 69.1. The van der Waals surface area contributed by atoms with Crippen LogP contribution in [0.5, 0.6) is 0 Å². The zero-order chi connectivity index (χ0) is 59.9. The summed E-state index contributed by atoms with van der Waals surface area (Å²) >= 11 is 0. The minimum Gasteiger partial charge on any atom is -0.466 e. The van der Waals surface area contributed by atoms with E-state index in [2.05, 4.69) is 43.5 Å². The van der Waals surface area contributed by atoms with Crippen LogP contribution >= 0.6 is 0 Å². The molecule has 6 nitrogen and oxygen atoms in total. The molecule has 0 aliphatic carbocycles. The summed E-state index contributed by atoms with van der Waals surface area (Å²) in [5.74, 6) is -0.0559. The summed E-state index contributed by atoms with van der Waals surface area (Å²) in [5, 5.41) is 23.3. The van der Waals surface area contributed by atoms with Crippen LogP contribution in [0.25, 0.3) is 0 Å². The Morgan fingerprint density at radius 1 is 0.325 bits per heavy atom. The van der Waals surface area contributed by atoms with Crippen LogP contribution in [0.2, 0.25) is 0 Å². The highest BCUT2D eigenvalue weighted by Gasteiger charge is 2.18. The Morgan fingerprint density at radius 3 is 0.855 bits per heavy atom. The molecule has 0 aliphatic rings. The van der Waals surface area contributed by atoms with E-state index in [9.17, 15) is 19.8 Å². The van der Waals surface area contributed by atoms with Gasteiger partial charge in [0.25, 0.3) is 0 Å². The van der Waals surface area contributed by atoms with Crippen LogP contribution < -0.4 is 5.32 Å². The van der Waals surface area contributed by atoms with E-state index in [4.69, 9.17) is 4.74 Å². The minimum absolute atomic E-state index is 0.00754. The van der Waals surface area contributed by atoms with E-state index in [0.29, 0.717) is 19.4 Å². The highest BCUT2D eigenvalue weighted by molar-refractivity contribution is 5.76. The van der Waals surface area contributed by atoms with Gasteiger partial charge >= 0.3 is 5.97 Å². The Labute approximate surface area is 519 Å². The van der Waals surface area contributed by atoms with Gasteiger partial charge in [0, 0.05) is 12.8 Å². The maximum absolute atomic E-state index is 12.5. The molecule has 0 aromatic carbocycles. The van der Waals surface area contributed by atoms with Gasteiger partial charge in [-0.3, -0.25) is 9.59 Å². The van der Waals surface area contributed by atoms with Crippen molar-refractivity contribution in [3.05, 3.63) is 36.5 Å². The Balaban J connectivity index is 3.41. The summed E-state index contributed by atoms with van der Waals surface area (Å²) in [4.78, 5) is 24.6. The summed E-state index contributed by atoms with van der Waals surface area (Å²) in [6.07, 6.45) is 93.9. The lowest BCUT2D eigenvalue weighted by Gasteiger charge is -2.20. The number of hydrogen-bond acceptors (Lipinski definition) is 5. The predicted octanol–water partition coefficient (Wildman–Crippen LogP) is 24.7. The quantitative estimate of drug-likeness (QED) is 0.0320. The molecule has 2 unspecified atom stereocenters. The topological polar surface area (TPSA) is 95.9 Å². The standard InChI is InChI=1S/C77H147NO5/c1-3-5-7-9-11-13-15-17-19-20-21-22-23-30-33-36-39-42-45-49-53-57-61-65-69-75(80)74(73-79)78-76(81)70-66-62-58-54-50-46-43-40-37-34-31-28-26-24-25-27-29-32-35-38-41-44-48-52-56-60-64-68-72-83-77(82)71-67-63-59-55-51-47-18-16-14-12-10-8-6-4-2/h16,18,24-25,65,69,74-75,79-80H,3-15,17,19-23,26-64,66-68,70-73H2,1-2H3,(H,78,81)/b18-16-,25-24-,69-65+. The van der Waals surface area contributed by atoms with Crippen molar-refractivity contribution in [2.24, 2.45) is 0 Å². The van der Waals surface area contributed by atoms with Crippen LogP contribution in [0.4, 0.5) is 0 Å². The van der Waals surface area contributed by atoms with Crippen molar-refractivity contribution in [3.63, 3.8) is 0 Å². The third-order valence-corrected chi connectivity index (χ3v) is 17.6. The first-order chi connectivity index (χ1) is 41.0. The van der Waals surface area contributed by atoms with Crippen molar-refractivity contribution in [2.45, 2.75) is 431 Å². The first-order valence-electron chi connectivity index (χ1n) is 37.8. The average Bonchev–Trinajstić information content (AvgIpc) is 3.48. The van der Waals surface area contributed by atoms with Gasteiger partial charge in [-0.15, -0.1) is 0 Å². The van der Waals surface area contributed by atoms with E-state index < -0.39 is 12.1 Å². The van der Waals surface area contributed by atoms with Gasteiger partial charge in [0.15, 0.2) is 0 Å². The zero-order valence-electron chi connectivity index (χ0n) is 56.2. The van der Waals surface area contributed by atoms with Crippen molar-refractivity contribution in [2.75, 3.05) is 13.2 Å². The van der Waals surface area contributed by atoms with Crippen molar-refractivity contribution in [1.82, 2.24) is 5.32 Å². The molecule has 0 saturated heterocycles. The van der Waals surface area contributed by atoms with Gasteiger partial charge in [-0.25, -0.2) is 0 Å². The van der Waals surface area contributed by atoms with E-state index in [1.54, 1.807) is 6.08 Å². The van der Waals surface area contributed by atoms with E-state index in [1.165, 1.54) is 347 Å². The summed E-state index contributed by atoms with van der Waals surface area (Å²) in [6.45, 7) is 4.93. The second kappa shape index (κ2) is 72.6. The molecule has 2 atom stereocenters. The smallest absolute Gasteiger partial charge is 0.305 e. The van der Waals surface area contributed by atoms with Crippen LogP contribution in [0.3, 0.4) is 0 Å². The van der Waals surface area contributed by atoms with Gasteiger partial charge in [0.1, 0.15) is 0 Å². The van der Waals surface area contributed by atoms with E-state index in [-0.39, 0.29) is 18.5 Å². The molecule has 0 saturated carbocycles. The first kappa shape index (κ1) is 81.1. The average molecular weight is 1170 g/mol. The molecule has 3 N–H and O–H groups in total. The van der Waals surface area contributed by atoms with Crippen LogP contribution in [-0.4, -0.2) is 47.4 Å². The van der Waals surface area contributed by atoms with Gasteiger partial charge in [-0.2, -0.15) is 0 Å². The SMILES string of the molecule is CCCCCCC/C=C\CCCCCCCC(=O)OCCCCCCCCCCCCCC/C=C\CCCCCCCCCCCCCCC(=O)NC(CO)C(O)/C=C/CCCCCCCCCCCCCCCCCCCCCCCC. The fourth-order valence-corrected chi connectivity index (χ4v) is 11.9. The Morgan fingerprint density at radius 2 is 0.566 bits per heavy atom. The van der Waals surface area contributed by atoms with Gasteiger partial charge in [-0.05, 0) is 83.5 Å². The number of carbonyl (C=O) groups excluding carboxylic acids is 2. The zero-order valence-corrected chi connectivity index (χ0v) is 56.2. The largest absolute Gasteiger partial charge is 0.466 e. The molecular weight excluding hydrogens is 1020 g/mol. The van der Waals surface area contributed by atoms with E-state index in [1.807, 2.05) is 6.08 Å². The van der Waals surface area contributed by atoms with Gasteiger partial charge in [0.2, 0.25) is 5.91 Å². The second-order valence-electron chi connectivity index (χ2n) is 26.0. The summed E-state index contributed by atoms with van der Waals surface area (Å²) in [5.41, 5.74) is 0. The molecule has 0 radical (unpaired) electrons. The number of nitrogens with one attached hydrogen (secondary N) is 1. The minimum atomic E-state index is -0.846. The van der Waals surface area contributed by atoms with Crippen LogP contribution in [0.15, 0.2) is 36.5 Å². The third-order valence-electron chi connectivity index (χ3n) is 17.6. The highest BCUT2D eigenvalue weighted by atomic mass is 16.5. The number of allylic oxidation sites excluding steroid dienone is 5. The maximum atomic E-state index is 12.5. The molecule has 83 heavy (non-hydrogen) atoms. The van der Waals surface area contributed by atoms with E-state index in [0.717, 1.165) is 44.9 Å². The van der Waals surface area contributed by atoms with Crippen LogP contribution in [-0.2, 0) is 14.3 Å². The Hall–Kier alpha value is -1.92. The second-order valence-corrected chi connectivity index (χ2v) is 26.0. The lowest BCUT2D eigenvalue weighted by Crippen LogP contribution is -2.45. The highest BCUT2D eigenvalue weighted by Crippen LogP contribution is 2.19. The van der Waals surface area contributed by atoms with Gasteiger partial charge < -0.3 is 20.3 Å². The molecule has 0 spiro atoms. The fraction of sp³-hybridized carbons (Fsp3) is 0.896. The van der Waals surface area contributed by atoms with Crippen molar-refractivity contribution in [3.8, 4) is 0 Å². The number of unbranched alkanes of at least 4 members (excludes halogenated alkanes) is 56. The normalized spacial score (nSPS) is 12.7. The number of ether oxygens (including phenoxy) is 1. The number of aliphatic hydroxyl groups excluding tert-OH is 2. The molecule has 0 fully saturated rings. The molecule has 490 valence electrons. The van der Waals surface area contributed by atoms with Crippen LogP contribution in [0.1, 0.15) is 418 Å². The molecular formula is C77H147NO5. The lowest BCUT2D eigenvalue weighted by molar-refractivity contribution is -0.143. The van der Waals surface area contributed by atoms with Gasteiger partial charge in [0.05, 0.1) is 25.4 Å². The Bertz CT molecular complexity index is 1340. The number of rotatable bonds is 71. The predicted molar refractivity (Wildman–Crippen MR) is 366 cm³/mol. The van der Waals surface area contributed by atoms with Crippen molar-refractivity contribution in [1.29, 1.82) is 0 Å². The number of esters is 1. The number of carbonyl (C=O) groups is 2. The molecule has 0 bridgehead atoms. The molecule has 1 amide bonds. The van der Waals surface area contributed by atoms with Crippen molar-refractivity contribution >= 4 is 11.9 Å². The fourth-order valence-electron chi connectivity index (χ4n) is 11.9. The summed E-state index contributed by atoms with van der Waals surface area (Å²) in [6, 6.07) is -0.630. The molecule has 0 aromatic rings. The molecule has 0 rings (SSSR count). The van der Waals surface area contributed by atoms with Gasteiger partial charge in [-0.1, -0.05) is 359 Å². The summed E-state index contributed by atoms with van der Waals surface area (Å²) in [7, 11) is 0. The molecule has 6 heteroatoms. The molecule has 0 aliphatic heterocycles. The summed E-state index contributed by atoms with van der Waals surface area (Å²) < 4.78 is 5.49. The number of amides is 1. The maximum Gasteiger partial charge on any atom is 0.305 e. The number of hydrogen-bond donors (Lipinski definition) is 3. The van der Waals surface area contributed by atoms with Crippen LogP contribution in [0, 0.1) is 0 Å². The molecule has 0 aromatic heterocycles.